The van der Waals surface area contributed by atoms with Crippen LogP contribution in [0, 0.1) is 23.6 Å². The van der Waals surface area contributed by atoms with Crippen molar-refractivity contribution in [3.63, 3.8) is 0 Å². The summed E-state index contributed by atoms with van der Waals surface area (Å²) in [6.45, 7) is 11.3. The molecule has 4 rings (SSSR count). The standard InChI is InChI=1S/C32H32O2Se/c1-22(2)21-34-31(33)26-12-8-24(9-13-26)17-19-35-27-14-15-29-28(25-10-6-23(3)7-11-25)16-18-32(4,5)30(29)20-27/h6-16,20,22H,18,21H2,1-5H3. The number of hydrogen-bond acceptors (Lipinski definition) is 2. The molecule has 0 spiro atoms. The Bertz CT molecular complexity index is 1300. The fraction of sp³-hybridized carbons (Fsp3) is 0.281. The van der Waals surface area contributed by atoms with Gasteiger partial charge in [0, 0.05) is 0 Å². The maximum absolute atomic E-state index is 12.1. The molecule has 0 heterocycles. The molecule has 0 bridgehead atoms. The molecule has 0 N–H and O–H groups in total. The fourth-order valence-electron chi connectivity index (χ4n) is 4.12. The van der Waals surface area contributed by atoms with E-state index >= 15 is 0 Å². The zero-order chi connectivity index (χ0) is 25.0. The van der Waals surface area contributed by atoms with Crippen molar-refractivity contribution in [3.8, 4) is 10.7 Å². The third-order valence-corrected chi connectivity index (χ3v) is 7.68. The Morgan fingerprint density at radius 2 is 1.74 bits per heavy atom. The number of esters is 1. The van der Waals surface area contributed by atoms with E-state index in [1.807, 2.05) is 26.0 Å². The fourth-order valence-corrected chi connectivity index (χ4v) is 5.38. The molecule has 0 amide bonds. The number of benzene rings is 3. The molecule has 3 aromatic rings. The SMILES string of the molecule is Cc1ccc(C2=CCC(C)(C)c3cc([Se]C#Cc4ccc(C(=O)OCC(C)C)cc4)ccc32)cc1. The van der Waals surface area contributed by atoms with Crippen molar-refractivity contribution < 1.29 is 9.53 Å². The topological polar surface area (TPSA) is 26.3 Å². The molecule has 2 nitrogen and oxygen atoms in total. The van der Waals surface area contributed by atoms with E-state index in [-0.39, 0.29) is 26.3 Å². The van der Waals surface area contributed by atoms with Crippen LogP contribution >= 0.6 is 0 Å². The first-order valence-corrected chi connectivity index (χ1v) is 13.8. The molecule has 0 aliphatic heterocycles. The van der Waals surface area contributed by atoms with Crippen LogP contribution in [0.1, 0.15) is 72.3 Å². The monoisotopic (exact) mass is 528 g/mol. The van der Waals surface area contributed by atoms with Gasteiger partial charge in [-0.05, 0) is 0 Å². The van der Waals surface area contributed by atoms with Gasteiger partial charge in [-0.1, -0.05) is 0 Å². The number of allylic oxidation sites excluding steroid dienone is 1. The number of ether oxygens (including phenoxy) is 1. The van der Waals surface area contributed by atoms with Gasteiger partial charge >= 0.3 is 216 Å². The van der Waals surface area contributed by atoms with Crippen LogP contribution in [-0.4, -0.2) is 27.5 Å². The number of fused-ring (bicyclic) bond motifs is 1. The number of rotatable bonds is 5. The van der Waals surface area contributed by atoms with E-state index < -0.39 is 0 Å². The first kappa shape index (κ1) is 25.1. The van der Waals surface area contributed by atoms with Crippen LogP contribution in [-0.2, 0) is 10.2 Å². The zero-order valence-corrected chi connectivity index (χ0v) is 22.9. The van der Waals surface area contributed by atoms with Crippen molar-refractivity contribution in [3.05, 3.63) is 106 Å². The van der Waals surface area contributed by atoms with E-state index in [1.54, 1.807) is 12.1 Å². The molecular weight excluding hydrogens is 495 g/mol. The Balaban J connectivity index is 1.49. The van der Waals surface area contributed by atoms with Crippen molar-refractivity contribution in [2.24, 2.45) is 5.92 Å². The molecule has 0 fully saturated rings. The summed E-state index contributed by atoms with van der Waals surface area (Å²) in [6.07, 6.45) is 3.41. The molecule has 3 aromatic carbocycles. The summed E-state index contributed by atoms with van der Waals surface area (Å²) in [5.74, 6) is 3.31. The summed E-state index contributed by atoms with van der Waals surface area (Å²) >= 11 is 0.0468. The number of aryl methyl sites for hydroxylation is 1. The Labute approximate surface area is 216 Å². The first-order chi connectivity index (χ1) is 16.7. The average Bonchev–Trinajstić information content (AvgIpc) is 2.84. The summed E-state index contributed by atoms with van der Waals surface area (Å²) in [5, 5.41) is 0. The molecule has 0 radical (unpaired) electrons. The van der Waals surface area contributed by atoms with Gasteiger partial charge in [0.1, 0.15) is 0 Å². The quantitative estimate of drug-likeness (QED) is 0.223. The van der Waals surface area contributed by atoms with E-state index in [9.17, 15) is 4.79 Å². The van der Waals surface area contributed by atoms with Gasteiger partial charge in [0.25, 0.3) is 0 Å². The number of hydrogen-bond donors (Lipinski definition) is 0. The Morgan fingerprint density at radius 3 is 2.43 bits per heavy atom. The van der Waals surface area contributed by atoms with Crippen LogP contribution < -0.4 is 4.46 Å². The van der Waals surface area contributed by atoms with Gasteiger partial charge in [-0.25, -0.2) is 0 Å². The van der Waals surface area contributed by atoms with Crippen molar-refractivity contribution in [1.29, 1.82) is 0 Å². The van der Waals surface area contributed by atoms with Gasteiger partial charge < -0.3 is 0 Å². The second kappa shape index (κ2) is 10.7. The minimum atomic E-state index is -0.279. The zero-order valence-electron chi connectivity index (χ0n) is 21.1. The van der Waals surface area contributed by atoms with Gasteiger partial charge in [0.2, 0.25) is 0 Å². The van der Waals surface area contributed by atoms with Gasteiger partial charge in [-0.2, -0.15) is 0 Å². The summed E-state index contributed by atoms with van der Waals surface area (Å²) in [5.41, 5.74) is 8.20. The third kappa shape index (κ3) is 6.15. The molecule has 1 aliphatic rings. The Morgan fingerprint density at radius 1 is 1.03 bits per heavy atom. The second-order valence-electron chi connectivity index (χ2n) is 10.2. The van der Waals surface area contributed by atoms with Gasteiger partial charge in [0.15, 0.2) is 0 Å². The van der Waals surface area contributed by atoms with Crippen LogP contribution in [0.3, 0.4) is 0 Å². The van der Waals surface area contributed by atoms with Crippen molar-refractivity contribution >= 4 is 31.0 Å². The van der Waals surface area contributed by atoms with E-state index in [0.29, 0.717) is 18.1 Å². The molecule has 3 heteroatoms. The third-order valence-electron chi connectivity index (χ3n) is 6.22. The van der Waals surface area contributed by atoms with Crippen LogP contribution in [0.4, 0.5) is 0 Å². The van der Waals surface area contributed by atoms with Gasteiger partial charge in [0.05, 0.1) is 0 Å². The molecule has 0 atom stereocenters. The molecule has 178 valence electrons. The predicted octanol–water partition coefficient (Wildman–Crippen LogP) is 6.26. The molecular formula is C32H32O2Se. The number of carbonyl (C=O) groups excluding carboxylic acids is 1. The van der Waals surface area contributed by atoms with Crippen molar-refractivity contribution in [1.82, 2.24) is 0 Å². The molecule has 0 aromatic heterocycles. The van der Waals surface area contributed by atoms with E-state index in [4.69, 9.17) is 4.74 Å². The minimum absolute atomic E-state index is 0.0468. The predicted molar refractivity (Wildman–Crippen MR) is 146 cm³/mol. The van der Waals surface area contributed by atoms with Crippen LogP contribution in [0.2, 0.25) is 0 Å². The molecule has 0 saturated carbocycles. The summed E-state index contributed by atoms with van der Waals surface area (Å²) in [6, 6.07) is 23.0. The average molecular weight is 528 g/mol. The van der Waals surface area contributed by atoms with E-state index in [1.165, 1.54) is 32.3 Å². The summed E-state index contributed by atoms with van der Waals surface area (Å²) in [7, 11) is 0. The van der Waals surface area contributed by atoms with E-state index in [0.717, 1.165) is 12.0 Å². The summed E-state index contributed by atoms with van der Waals surface area (Å²) < 4.78 is 6.58. The Hall–Kier alpha value is -3.05. The first-order valence-electron chi connectivity index (χ1n) is 12.1. The van der Waals surface area contributed by atoms with Crippen molar-refractivity contribution in [2.45, 2.75) is 46.5 Å². The Kier molecular flexibility index (Phi) is 7.66. The van der Waals surface area contributed by atoms with Crippen LogP contribution in [0.5, 0.6) is 0 Å². The summed E-state index contributed by atoms with van der Waals surface area (Å²) in [4.78, 5) is 15.5. The molecule has 0 unspecified atom stereocenters. The molecule has 35 heavy (non-hydrogen) atoms. The van der Waals surface area contributed by atoms with Crippen LogP contribution in [0.25, 0.3) is 5.57 Å². The molecule has 1 aliphatic carbocycles. The van der Waals surface area contributed by atoms with Gasteiger partial charge in [-0.15, -0.1) is 0 Å². The number of carbonyl (C=O) groups is 1. The second-order valence-corrected chi connectivity index (χ2v) is 12.0. The van der Waals surface area contributed by atoms with Gasteiger partial charge in [-0.3, -0.25) is 0 Å². The normalized spacial score (nSPS) is 13.9. The molecule has 0 saturated heterocycles. The van der Waals surface area contributed by atoms with Crippen molar-refractivity contribution in [2.75, 3.05) is 6.61 Å². The van der Waals surface area contributed by atoms with E-state index in [2.05, 4.69) is 80.1 Å². The van der Waals surface area contributed by atoms with Crippen LogP contribution in [0.15, 0.2) is 72.8 Å². The maximum atomic E-state index is 12.1.